The largest absolute Gasteiger partial charge is 0.384 e. The molecule has 7 aromatic heterocycles. The summed E-state index contributed by atoms with van der Waals surface area (Å²) >= 11 is 33.7. The summed E-state index contributed by atoms with van der Waals surface area (Å²) in [6, 6.07) is 10.5. The monoisotopic (exact) mass is 1790 g/mol. The van der Waals surface area contributed by atoms with Crippen LogP contribution in [-0.2, 0) is 22.7 Å². The summed E-state index contributed by atoms with van der Waals surface area (Å²) in [5.41, 5.74) is 1.23. The molecule has 4 fully saturated rings. The number of nitrogen functional groups attached to an aromatic ring is 1. The zero-order valence-corrected chi connectivity index (χ0v) is 64.1. The van der Waals surface area contributed by atoms with Crippen LogP contribution in [0.1, 0.15) is 93.3 Å². The molecule has 0 aliphatic carbocycles. The summed E-state index contributed by atoms with van der Waals surface area (Å²) in [4.78, 5) is 128. The predicted octanol–water partition coefficient (Wildman–Crippen LogP) is 8.36. The first kappa shape index (κ1) is 82.7. The van der Waals surface area contributed by atoms with Gasteiger partial charge in [-0.25, -0.2) is 65.0 Å². The summed E-state index contributed by atoms with van der Waals surface area (Å²) in [6.45, 7) is 2.63. The van der Waals surface area contributed by atoms with Gasteiger partial charge in [-0.2, -0.15) is 0 Å². The van der Waals surface area contributed by atoms with Crippen LogP contribution >= 0.6 is 94.2 Å². The Bertz CT molecular complexity index is 4540. The number of nitrogens with zero attached hydrogens (tertiary/aromatic N) is 13. The molecule has 7 aromatic rings. The Morgan fingerprint density at radius 1 is 0.435 bits per heavy atom. The van der Waals surface area contributed by atoms with Gasteiger partial charge in [-0.05, 0) is 87.4 Å². The smallest absolute Gasteiger partial charge is 0.276 e. The Balaban J connectivity index is 0.000000147. The molecular formula is C64H66Br3Cl4F8N21O8. The fraction of sp³-hybridized carbons (Fsp3) is 0.438. The second-order valence-electron chi connectivity index (χ2n) is 25.3. The van der Waals surface area contributed by atoms with Crippen LogP contribution in [-0.4, -0.2) is 190 Å². The molecule has 580 valence electrons. The van der Waals surface area contributed by atoms with E-state index in [0.29, 0.717) is 118 Å². The zero-order valence-electron chi connectivity index (χ0n) is 56.3. The van der Waals surface area contributed by atoms with Crippen molar-refractivity contribution < 1.29 is 54.3 Å². The molecule has 0 saturated carbocycles. The minimum atomic E-state index is -2.43. The number of anilines is 5. The van der Waals surface area contributed by atoms with Crippen LogP contribution in [0.15, 0.2) is 108 Å². The Labute approximate surface area is 652 Å². The average Bonchev–Trinajstić information content (AvgIpc) is 1.58. The van der Waals surface area contributed by atoms with E-state index in [4.69, 9.17) is 52.1 Å². The SMILES string of the molecule is FC(F)CBr.Nc1ccncn1.O=C1NC2(CCN(CC(F)F)CC2)n2c1c(Cl)cc(Br)c2=O.O=C1NC2(CCN(CC(F)F)CC2)n2c1c(Cl)cc(Nc1ccncn1)c2=O.O=C1NC2(CCN(CC(F)F)CC2)n2c1c(Cl)cc(Nc1ccncn1)c2=O.O=C1NC2(CCNCC2)n2c1c(Cl)cc(Br)c2=O. The molecule has 4 spiro atoms. The van der Waals surface area contributed by atoms with Crippen LogP contribution in [0.5, 0.6) is 0 Å². The van der Waals surface area contributed by atoms with Gasteiger partial charge in [-0.3, -0.25) is 71.3 Å². The minimum Gasteiger partial charge on any atom is -0.384 e. The van der Waals surface area contributed by atoms with Gasteiger partial charge < -0.3 is 43.0 Å². The maximum atomic E-state index is 13.2. The van der Waals surface area contributed by atoms with Crippen molar-refractivity contribution in [3.05, 3.63) is 173 Å². The lowest BCUT2D eigenvalue weighted by Crippen LogP contribution is -2.55. The first-order valence-corrected chi connectivity index (χ1v) is 37.2. The van der Waals surface area contributed by atoms with E-state index in [9.17, 15) is 73.5 Å². The van der Waals surface area contributed by atoms with Crippen molar-refractivity contribution in [1.82, 2.24) is 89.5 Å². The van der Waals surface area contributed by atoms with E-state index in [-0.39, 0.29) is 95.7 Å². The molecule has 8 aliphatic heterocycles. The number of alkyl halides is 9. The summed E-state index contributed by atoms with van der Waals surface area (Å²) in [7, 11) is 0. The zero-order chi connectivity index (χ0) is 78.2. The molecule has 4 saturated heterocycles. The lowest BCUT2D eigenvalue weighted by molar-refractivity contribution is 0.0390. The maximum Gasteiger partial charge on any atom is 0.276 e. The van der Waals surface area contributed by atoms with Crippen molar-refractivity contribution in [2.75, 3.05) is 93.7 Å². The van der Waals surface area contributed by atoms with Gasteiger partial charge in [-0.1, -0.05) is 62.3 Å². The topological polar surface area (TPSA) is 354 Å². The van der Waals surface area contributed by atoms with Gasteiger partial charge in [0.2, 0.25) is 6.43 Å². The Hall–Kier alpha value is -7.80. The second kappa shape index (κ2) is 35.5. The van der Waals surface area contributed by atoms with Crippen LogP contribution in [0.25, 0.3) is 0 Å². The molecule has 15 rings (SSSR count). The van der Waals surface area contributed by atoms with Crippen molar-refractivity contribution in [3.8, 4) is 0 Å². The number of aromatic nitrogens is 10. The minimum absolute atomic E-state index is 0.0854. The number of nitrogens with two attached hydrogens (primary N) is 1. The highest BCUT2D eigenvalue weighted by molar-refractivity contribution is 9.10. The van der Waals surface area contributed by atoms with Gasteiger partial charge in [-0.15, -0.1) is 0 Å². The van der Waals surface area contributed by atoms with Gasteiger partial charge in [0.15, 0.2) is 0 Å². The molecule has 108 heavy (non-hydrogen) atoms. The van der Waals surface area contributed by atoms with Crippen molar-refractivity contribution >= 4 is 147 Å². The first-order valence-electron chi connectivity index (χ1n) is 32.9. The van der Waals surface area contributed by atoms with Gasteiger partial charge in [0.05, 0.1) is 54.0 Å². The lowest BCUT2D eigenvalue weighted by atomic mass is 9.97. The number of fused-ring (bicyclic) bond motifs is 8. The third-order valence-corrected chi connectivity index (χ3v) is 21.3. The molecule has 29 nitrogen and oxygen atoms in total. The van der Waals surface area contributed by atoms with Crippen molar-refractivity contribution in [1.29, 1.82) is 0 Å². The first-order chi connectivity index (χ1) is 51.3. The molecule has 0 atom stereocenters. The average molecular weight is 1790 g/mol. The standard InChI is InChI=1S/2C17H17ClF2N6O2.C13H13BrClF2N3O2.C11H11BrClN3O2.C4H5N3.C2H3BrF2/c2*18-10-7-11(23-13-1-4-21-9-22-13)16(28)26-14(10)15(27)24-17(26)2-5-25(6-3-17)8-12(19)20;14-7-5-8(15)10-11(21)18-13(20(10)12(7)22)1-3-19(4-2-13)6-9(16)17;12-6-5-7(13)8-9(17)15-11(16(8)10(6)18)1-3-14-4-2-11;5-4-1-2-6-3-7-4;3-1-2(4)5/h2*1,4,7,9,12H,2-3,5-6,8H2,(H,24,27)(H,21,22,23);5,9H,1-4,6H2,(H,18,21);5,14H,1-4H2,(H,15,17);1-3H,(H2,5,6,7);2H,1H2. The third-order valence-electron chi connectivity index (χ3n) is 18.6. The van der Waals surface area contributed by atoms with Crippen molar-refractivity contribution in [2.24, 2.45) is 0 Å². The molecule has 8 aliphatic rings. The van der Waals surface area contributed by atoms with Gasteiger partial charge in [0.1, 0.15) is 93.2 Å². The molecule has 0 bridgehead atoms. The molecule has 9 N–H and O–H groups in total. The Morgan fingerprint density at radius 3 is 0.981 bits per heavy atom. The molecule has 0 unspecified atom stereocenters. The molecule has 4 amide bonds. The van der Waals surface area contributed by atoms with E-state index in [1.807, 2.05) is 0 Å². The number of halogens is 15. The van der Waals surface area contributed by atoms with Gasteiger partial charge >= 0.3 is 0 Å². The van der Waals surface area contributed by atoms with Crippen LogP contribution in [0.3, 0.4) is 0 Å². The number of amides is 4. The molecule has 0 radical (unpaired) electrons. The highest BCUT2D eigenvalue weighted by Gasteiger charge is 2.51. The highest BCUT2D eigenvalue weighted by Crippen LogP contribution is 2.40. The van der Waals surface area contributed by atoms with E-state index < -0.39 is 77.2 Å². The fourth-order valence-corrected chi connectivity index (χ4v) is 15.9. The number of nitrogens with one attached hydrogen (secondary N) is 7. The van der Waals surface area contributed by atoms with Crippen LogP contribution in [0.2, 0.25) is 20.1 Å². The van der Waals surface area contributed by atoms with E-state index in [2.05, 4.69) is 115 Å². The number of hydrogen-bond acceptors (Lipinski definition) is 21. The fourth-order valence-electron chi connectivity index (χ4n) is 13.7. The van der Waals surface area contributed by atoms with Gasteiger partial charge in [0.25, 0.3) is 65.1 Å². The van der Waals surface area contributed by atoms with E-state index >= 15 is 0 Å². The van der Waals surface area contributed by atoms with E-state index in [1.165, 1.54) is 73.9 Å². The summed E-state index contributed by atoms with van der Waals surface area (Å²) < 4.78 is 103. The molecular weight excluding hydrogens is 1720 g/mol. The van der Waals surface area contributed by atoms with Crippen molar-refractivity contribution in [3.63, 3.8) is 0 Å². The predicted molar refractivity (Wildman–Crippen MR) is 394 cm³/mol. The molecule has 0 aromatic carbocycles. The lowest BCUT2D eigenvalue weighted by Gasteiger charge is -2.40. The van der Waals surface area contributed by atoms with Crippen LogP contribution in [0.4, 0.5) is 64.0 Å². The number of hydrogen-bond donors (Lipinski definition) is 8. The highest BCUT2D eigenvalue weighted by atomic mass is 79.9. The Kier molecular flexibility index (Phi) is 27.2. The van der Waals surface area contributed by atoms with E-state index in [1.54, 1.807) is 39.1 Å². The summed E-state index contributed by atoms with van der Waals surface area (Å²) in [5.74, 6) is -0.252. The van der Waals surface area contributed by atoms with Gasteiger partial charge in [0, 0.05) is 109 Å². The second-order valence-corrected chi connectivity index (χ2v) is 29.3. The normalized spacial score (nSPS) is 18.2. The van der Waals surface area contributed by atoms with Crippen LogP contribution < -0.4 is 65.2 Å². The van der Waals surface area contributed by atoms with Crippen LogP contribution in [0, 0.1) is 0 Å². The quantitative estimate of drug-likeness (QED) is 0.0445. The number of piperidine rings is 4. The number of likely N-dealkylation sites (tertiary alicyclic amines) is 3. The third kappa shape index (κ3) is 18.5. The summed E-state index contributed by atoms with van der Waals surface area (Å²) in [5, 5.41) is 21.0. The number of rotatable bonds is 11. The number of carbonyl (C=O) groups is 4. The number of carbonyl (C=O) groups excluding carboxylic acids is 4. The number of pyridine rings is 4. The molecule has 44 heteroatoms. The Morgan fingerprint density at radius 2 is 0.722 bits per heavy atom. The maximum absolute atomic E-state index is 13.2. The summed E-state index contributed by atoms with van der Waals surface area (Å²) in [6.07, 6.45) is 2.68. The van der Waals surface area contributed by atoms with Crippen molar-refractivity contribution in [2.45, 2.75) is 99.7 Å². The molecule has 15 heterocycles. The van der Waals surface area contributed by atoms with E-state index in [0.717, 1.165) is 13.1 Å².